The molecule has 6 nitrogen and oxygen atoms in total. The minimum Gasteiger partial charge on any atom is -0.493 e. The van der Waals surface area contributed by atoms with Crippen LogP contribution >= 0.6 is 0 Å². The van der Waals surface area contributed by atoms with Gasteiger partial charge in [-0.25, -0.2) is 4.79 Å². The predicted molar refractivity (Wildman–Crippen MR) is 117 cm³/mol. The molecule has 1 heterocycles. The first kappa shape index (κ1) is 21.5. The normalized spacial score (nSPS) is 21.3. The fourth-order valence-corrected chi connectivity index (χ4v) is 4.70. The van der Waals surface area contributed by atoms with Gasteiger partial charge >= 0.3 is 6.09 Å². The van der Waals surface area contributed by atoms with Gasteiger partial charge in [0.15, 0.2) is 11.5 Å². The second kappa shape index (κ2) is 10.1. The van der Waals surface area contributed by atoms with E-state index in [0.29, 0.717) is 12.3 Å². The van der Waals surface area contributed by atoms with Crippen molar-refractivity contribution in [3.63, 3.8) is 0 Å². The highest BCUT2D eigenvalue weighted by atomic mass is 16.6. The van der Waals surface area contributed by atoms with Gasteiger partial charge in [-0.2, -0.15) is 0 Å². The number of aliphatic hydroxyl groups is 1. The number of amides is 1. The number of benzene rings is 2. The molecule has 4 rings (SSSR count). The number of rotatable bonds is 7. The molecular weight excluding hydrogens is 394 g/mol. The van der Waals surface area contributed by atoms with Gasteiger partial charge in [-0.15, -0.1) is 0 Å². The summed E-state index contributed by atoms with van der Waals surface area (Å²) in [5.74, 6) is 1.48. The Morgan fingerprint density at radius 1 is 1.06 bits per heavy atom. The third-order valence-electron chi connectivity index (χ3n) is 6.38. The minimum atomic E-state index is -0.388. The molecule has 2 fully saturated rings. The molecule has 166 valence electrons. The van der Waals surface area contributed by atoms with E-state index in [1.54, 1.807) is 12.0 Å². The number of hydrogen-bond donors (Lipinski definition) is 1. The zero-order valence-corrected chi connectivity index (χ0v) is 18.0. The van der Waals surface area contributed by atoms with Crippen molar-refractivity contribution in [3.05, 3.63) is 59.7 Å². The molecule has 1 aliphatic carbocycles. The van der Waals surface area contributed by atoms with Gasteiger partial charge < -0.3 is 24.2 Å². The van der Waals surface area contributed by atoms with Crippen LogP contribution < -0.4 is 9.47 Å². The summed E-state index contributed by atoms with van der Waals surface area (Å²) >= 11 is 0. The number of carbonyl (C=O) groups is 1. The molecule has 2 atom stereocenters. The van der Waals surface area contributed by atoms with E-state index in [-0.39, 0.29) is 37.4 Å². The monoisotopic (exact) mass is 425 g/mol. The molecule has 0 spiro atoms. The summed E-state index contributed by atoms with van der Waals surface area (Å²) in [4.78, 5) is 14.4. The summed E-state index contributed by atoms with van der Waals surface area (Å²) in [5, 5.41) is 10.1. The van der Waals surface area contributed by atoms with Crippen molar-refractivity contribution in [1.82, 2.24) is 4.90 Å². The Labute approximate surface area is 183 Å². The van der Waals surface area contributed by atoms with Gasteiger partial charge in [-0.05, 0) is 55.4 Å². The van der Waals surface area contributed by atoms with E-state index >= 15 is 0 Å². The van der Waals surface area contributed by atoms with Gasteiger partial charge in [0.05, 0.1) is 25.9 Å². The fourth-order valence-electron chi connectivity index (χ4n) is 4.70. The highest BCUT2D eigenvalue weighted by molar-refractivity contribution is 5.69. The lowest BCUT2D eigenvalue weighted by Gasteiger charge is -2.27. The number of aliphatic hydroxyl groups excluding tert-OH is 1. The van der Waals surface area contributed by atoms with Crippen molar-refractivity contribution in [2.24, 2.45) is 0 Å². The van der Waals surface area contributed by atoms with Crippen LogP contribution in [0, 0.1) is 0 Å². The second-order valence-electron chi connectivity index (χ2n) is 8.31. The van der Waals surface area contributed by atoms with Gasteiger partial charge in [0.25, 0.3) is 0 Å². The molecule has 2 aliphatic rings. The van der Waals surface area contributed by atoms with Crippen LogP contribution in [-0.4, -0.2) is 48.5 Å². The highest BCUT2D eigenvalue weighted by Gasteiger charge is 2.38. The van der Waals surface area contributed by atoms with Crippen LogP contribution in [0.5, 0.6) is 11.5 Å². The minimum absolute atomic E-state index is 0.0195. The largest absolute Gasteiger partial charge is 0.493 e. The van der Waals surface area contributed by atoms with E-state index in [4.69, 9.17) is 14.2 Å². The standard InChI is InChI=1S/C25H31NO5/c1-29-23-12-11-19(15-24(23)31-20-9-5-6-10-20)21-13-14-26(22(21)16-27)25(28)30-17-18-7-3-2-4-8-18/h2-4,7-8,11-12,15,20-22,27H,5-6,9-10,13-14,16-17H2,1H3/t21-,22+/m1/s1. The van der Waals surface area contributed by atoms with Crippen LogP contribution in [0.15, 0.2) is 48.5 Å². The maximum absolute atomic E-state index is 12.7. The number of hydrogen-bond acceptors (Lipinski definition) is 5. The third kappa shape index (κ3) is 4.96. The lowest BCUT2D eigenvalue weighted by molar-refractivity contribution is 0.0771. The second-order valence-corrected chi connectivity index (χ2v) is 8.31. The van der Waals surface area contributed by atoms with Crippen molar-refractivity contribution < 1.29 is 24.1 Å². The first-order chi connectivity index (χ1) is 15.2. The molecule has 0 radical (unpaired) electrons. The molecule has 0 aromatic heterocycles. The van der Waals surface area contributed by atoms with Crippen LogP contribution in [-0.2, 0) is 11.3 Å². The number of nitrogens with zero attached hydrogens (tertiary/aromatic N) is 1. The van der Waals surface area contributed by atoms with Crippen molar-refractivity contribution >= 4 is 6.09 Å². The SMILES string of the molecule is COc1ccc([C@H]2CCN(C(=O)OCc3ccccc3)[C@H]2CO)cc1OC1CCCC1. The van der Waals surface area contributed by atoms with E-state index < -0.39 is 0 Å². The molecule has 1 amide bonds. The van der Waals surface area contributed by atoms with Crippen LogP contribution in [0.1, 0.15) is 49.1 Å². The molecule has 0 bridgehead atoms. The fraction of sp³-hybridized carbons (Fsp3) is 0.480. The number of likely N-dealkylation sites (tertiary alicyclic amines) is 1. The number of carbonyl (C=O) groups excluding carboxylic acids is 1. The van der Waals surface area contributed by atoms with Gasteiger partial charge in [-0.3, -0.25) is 0 Å². The molecule has 1 aliphatic heterocycles. The van der Waals surface area contributed by atoms with Crippen molar-refractivity contribution in [2.45, 2.75) is 56.8 Å². The molecule has 2 aromatic carbocycles. The quantitative estimate of drug-likeness (QED) is 0.707. The number of ether oxygens (including phenoxy) is 3. The summed E-state index contributed by atoms with van der Waals surface area (Å²) in [6.45, 7) is 0.658. The maximum atomic E-state index is 12.7. The van der Waals surface area contributed by atoms with E-state index in [9.17, 15) is 9.90 Å². The molecule has 1 N–H and O–H groups in total. The van der Waals surface area contributed by atoms with Gasteiger partial charge in [0.1, 0.15) is 6.61 Å². The van der Waals surface area contributed by atoms with Crippen LogP contribution in [0.25, 0.3) is 0 Å². The smallest absolute Gasteiger partial charge is 0.410 e. The molecule has 31 heavy (non-hydrogen) atoms. The van der Waals surface area contributed by atoms with Gasteiger partial charge in [0.2, 0.25) is 0 Å². The van der Waals surface area contributed by atoms with Crippen molar-refractivity contribution in [1.29, 1.82) is 0 Å². The Morgan fingerprint density at radius 3 is 2.55 bits per heavy atom. The molecule has 1 saturated heterocycles. The third-order valence-corrected chi connectivity index (χ3v) is 6.38. The van der Waals surface area contributed by atoms with Gasteiger partial charge in [0, 0.05) is 12.5 Å². The Bertz CT molecular complexity index is 865. The average Bonchev–Trinajstić information content (AvgIpc) is 3.48. The summed E-state index contributed by atoms with van der Waals surface area (Å²) in [7, 11) is 1.65. The summed E-state index contributed by atoms with van der Waals surface area (Å²) in [6, 6.07) is 15.2. The first-order valence-electron chi connectivity index (χ1n) is 11.1. The highest BCUT2D eigenvalue weighted by Crippen LogP contribution is 2.39. The molecule has 1 saturated carbocycles. The lowest BCUT2D eigenvalue weighted by atomic mass is 9.92. The zero-order valence-electron chi connectivity index (χ0n) is 18.0. The van der Waals surface area contributed by atoms with E-state index in [2.05, 4.69) is 0 Å². The Balaban J connectivity index is 1.46. The molecule has 6 heteroatoms. The first-order valence-corrected chi connectivity index (χ1v) is 11.1. The lowest BCUT2D eigenvalue weighted by Crippen LogP contribution is -2.40. The number of methoxy groups -OCH3 is 1. The van der Waals surface area contributed by atoms with E-state index in [0.717, 1.165) is 36.1 Å². The average molecular weight is 426 g/mol. The van der Waals surface area contributed by atoms with Crippen LogP contribution in [0.3, 0.4) is 0 Å². The Hall–Kier alpha value is -2.73. The van der Waals surface area contributed by atoms with Crippen molar-refractivity contribution in [3.8, 4) is 11.5 Å². The van der Waals surface area contributed by atoms with Gasteiger partial charge in [-0.1, -0.05) is 36.4 Å². The predicted octanol–water partition coefficient (Wildman–Crippen LogP) is 4.50. The Kier molecular flexibility index (Phi) is 6.97. The molecule has 0 unspecified atom stereocenters. The summed E-state index contributed by atoms with van der Waals surface area (Å²) < 4.78 is 17.2. The topological polar surface area (TPSA) is 68.2 Å². The van der Waals surface area contributed by atoms with Crippen LogP contribution in [0.4, 0.5) is 4.79 Å². The Morgan fingerprint density at radius 2 is 1.84 bits per heavy atom. The molecular formula is C25H31NO5. The zero-order chi connectivity index (χ0) is 21.6. The van der Waals surface area contributed by atoms with Crippen LogP contribution in [0.2, 0.25) is 0 Å². The van der Waals surface area contributed by atoms with Crippen molar-refractivity contribution in [2.75, 3.05) is 20.3 Å². The van der Waals surface area contributed by atoms with E-state index in [1.165, 1.54) is 12.8 Å². The maximum Gasteiger partial charge on any atom is 0.410 e. The molecule has 2 aromatic rings. The van der Waals surface area contributed by atoms with E-state index in [1.807, 2.05) is 48.5 Å². The summed E-state index contributed by atoms with van der Waals surface area (Å²) in [5.41, 5.74) is 1.99. The summed E-state index contributed by atoms with van der Waals surface area (Å²) in [6.07, 6.45) is 5.13.